The molecule has 0 bridgehead atoms. The molecule has 0 radical (unpaired) electrons. The average Bonchev–Trinajstić information content (AvgIpc) is 2.66. The molecule has 2 rings (SSSR count). The van der Waals surface area contributed by atoms with Gasteiger partial charge >= 0.3 is 0 Å². The zero-order valence-corrected chi connectivity index (χ0v) is 12.7. The van der Waals surface area contributed by atoms with E-state index in [9.17, 15) is 4.39 Å². The van der Waals surface area contributed by atoms with Crippen molar-refractivity contribution in [2.24, 2.45) is 0 Å². The molecule has 1 unspecified atom stereocenters. The van der Waals surface area contributed by atoms with E-state index in [1.54, 1.807) is 12.3 Å². The van der Waals surface area contributed by atoms with E-state index in [1.807, 2.05) is 0 Å². The van der Waals surface area contributed by atoms with Crippen LogP contribution >= 0.6 is 0 Å². The van der Waals surface area contributed by atoms with Gasteiger partial charge in [-0.05, 0) is 38.8 Å². The highest BCUT2D eigenvalue weighted by Crippen LogP contribution is 2.26. The van der Waals surface area contributed by atoms with Gasteiger partial charge in [0.25, 0.3) is 0 Å². The summed E-state index contributed by atoms with van der Waals surface area (Å²) in [5.41, 5.74) is 0.722. The van der Waals surface area contributed by atoms with Gasteiger partial charge in [-0.15, -0.1) is 0 Å². The minimum Gasteiger partial charge on any atom is -0.351 e. The quantitative estimate of drug-likeness (QED) is 0.836. The molecule has 4 heteroatoms. The lowest BCUT2D eigenvalue weighted by Crippen LogP contribution is -2.34. The lowest BCUT2D eigenvalue weighted by Gasteiger charge is -2.29. The molecular formula is C16H26FN3. The van der Waals surface area contributed by atoms with Crippen molar-refractivity contribution in [2.75, 3.05) is 18.0 Å². The van der Waals surface area contributed by atoms with Crippen LogP contribution in [0.3, 0.4) is 0 Å². The zero-order valence-electron chi connectivity index (χ0n) is 12.7. The van der Waals surface area contributed by atoms with Crippen LogP contribution in [-0.4, -0.2) is 24.1 Å². The van der Waals surface area contributed by atoms with E-state index in [0.717, 1.165) is 37.9 Å². The number of nitrogens with zero attached hydrogens (tertiary/aromatic N) is 2. The van der Waals surface area contributed by atoms with Crippen molar-refractivity contribution in [1.82, 2.24) is 10.3 Å². The predicted molar refractivity (Wildman–Crippen MR) is 81.5 cm³/mol. The monoisotopic (exact) mass is 279 g/mol. The Morgan fingerprint density at radius 2 is 2.25 bits per heavy atom. The number of pyridine rings is 1. The number of aromatic nitrogens is 1. The van der Waals surface area contributed by atoms with E-state index in [2.05, 4.69) is 29.0 Å². The van der Waals surface area contributed by atoms with Crippen molar-refractivity contribution in [1.29, 1.82) is 0 Å². The standard InChI is InChI=1S/C16H26FN3/c1-3-9-18-12-14-8-10-19-16(15(14)17)20-11-6-4-5-7-13(20)2/h8,10,13,18H,3-7,9,11-12H2,1-2H3. The Kier molecular flexibility index (Phi) is 5.77. The zero-order chi connectivity index (χ0) is 14.4. The van der Waals surface area contributed by atoms with Crippen LogP contribution in [0, 0.1) is 5.82 Å². The molecule has 1 aromatic heterocycles. The van der Waals surface area contributed by atoms with Crippen molar-refractivity contribution in [3.05, 3.63) is 23.6 Å². The van der Waals surface area contributed by atoms with E-state index >= 15 is 0 Å². The van der Waals surface area contributed by atoms with Gasteiger partial charge < -0.3 is 10.2 Å². The van der Waals surface area contributed by atoms with Crippen molar-refractivity contribution in [3.8, 4) is 0 Å². The van der Waals surface area contributed by atoms with Crippen molar-refractivity contribution in [3.63, 3.8) is 0 Å². The fourth-order valence-corrected chi connectivity index (χ4v) is 2.80. The van der Waals surface area contributed by atoms with Crippen LogP contribution in [0.1, 0.15) is 51.5 Å². The van der Waals surface area contributed by atoms with E-state index in [0.29, 0.717) is 18.4 Å². The summed E-state index contributed by atoms with van der Waals surface area (Å²) in [5, 5.41) is 3.26. The normalized spacial score (nSPS) is 19.9. The van der Waals surface area contributed by atoms with Crippen LogP contribution in [0.2, 0.25) is 0 Å². The maximum atomic E-state index is 14.6. The summed E-state index contributed by atoms with van der Waals surface area (Å²) in [5.74, 6) is 0.389. The number of hydrogen-bond acceptors (Lipinski definition) is 3. The van der Waals surface area contributed by atoms with Gasteiger partial charge in [-0.1, -0.05) is 19.8 Å². The van der Waals surface area contributed by atoms with E-state index in [-0.39, 0.29) is 5.82 Å². The molecule has 20 heavy (non-hydrogen) atoms. The molecule has 0 aromatic carbocycles. The molecule has 1 aliphatic heterocycles. The van der Waals surface area contributed by atoms with Crippen LogP contribution in [0.15, 0.2) is 12.3 Å². The summed E-state index contributed by atoms with van der Waals surface area (Å²) >= 11 is 0. The fraction of sp³-hybridized carbons (Fsp3) is 0.688. The van der Waals surface area contributed by atoms with Crippen LogP contribution in [0.25, 0.3) is 0 Å². The number of hydrogen-bond donors (Lipinski definition) is 1. The second kappa shape index (κ2) is 7.58. The first-order valence-electron chi connectivity index (χ1n) is 7.84. The Bertz CT molecular complexity index is 422. The highest BCUT2D eigenvalue weighted by atomic mass is 19.1. The topological polar surface area (TPSA) is 28.2 Å². The molecular weight excluding hydrogens is 253 g/mol. The average molecular weight is 279 g/mol. The van der Waals surface area contributed by atoms with Crippen molar-refractivity contribution >= 4 is 5.82 Å². The van der Waals surface area contributed by atoms with Crippen molar-refractivity contribution < 1.29 is 4.39 Å². The van der Waals surface area contributed by atoms with Gasteiger partial charge in [-0.25, -0.2) is 9.37 Å². The Hall–Kier alpha value is -1.16. The first-order valence-corrected chi connectivity index (χ1v) is 7.84. The fourth-order valence-electron chi connectivity index (χ4n) is 2.80. The molecule has 3 nitrogen and oxygen atoms in total. The lowest BCUT2D eigenvalue weighted by molar-refractivity contribution is 0.553. The van der Waals surface area contributed by atoms with Crippen LogP contribution in [0.5, 0.6) is 0 Å². The maximum Gasteiger partial charge on any atom is 0.170 e. The van der Waals surface area contributed by atoms with Gasteiger partial charge in [0.05, 0.1) is 0 Å². The Morgan fingerprint density at radius 1 is 1.40 bits per heavy atom. The van der Waals surface area contributed by atoms with Crippen LogP contribution in [-0.2, 0) is 6.54 Å². The van der Waals surface area contributed by atoms with Gasteiger partial charge in [0.1, 0.15) is 0 Å². The van der Waals surface area contributed by atoms with Gasteiger partial charge in [0, 0.05) is 30.9 Å². The summed E-state index contributed by atoms with van der Waals surface area (Å²) in [6.07, 6.45) is 7.52. The molecule has 1 aromatic rings. The summed E-state index contributed by atoms with van der Waals surface area (Å²) < 4.78 is 14.6. The molecule has 1 aliphatic rings. The summed E-state index contributed by atoms with van der Waals surface area (Å²) in [6, 6.07) is 2.16. The molecule has 112 valence electrons. The molecule has 0 spiro atoms. The molecule has 2 heterocycles. The number of nitrogens with one attached hydrogen (secondary N) is 1. The predicted octanol–water partition coefficient (Wildman–Crippen LogP) is 3.49. The van der Waals surface area contributed by atoms with E-state index in [1.165, 1.54) is 12.8 Å². The third-order valence-corrected chi connectivity index (χ3v) is 4.02. The first kappa shape index (κ1) is 15.2. The largest absolute Gasteiger partial charge is 0.351 e. The first-order chi connectivity index (χ1) is 9.74. The molecule has 1 fully saturated rings. The molecule has 0 saturated carbocycles. The van der Waals surface area contributed by atoms with Gasteiger partial charge in [0.2, 0.25) is 0 Å². The highest BCUT2D eigenvalue weighted by Gasteiger charge is 2.22. The number of halogens is 1. The third-order valence-electron chi connectivity index (χ3n) is 4.02. The van der Waals surface area contributed by atoms with E-state index < -0.39 is 0 Å². The van der Waals surface area contributed by atoms with Gasteiger partial charge in [0.15, 0.2) is 11.6 Å². The second-order valence-corrected chi connectivity index (χ2v) is 5.68. The lowest BCUT2D eigenvalue weighted by atomic mass is 10.1. The smallest absolute Gasteiger partial charge is 0.170 e. The minimum absolute atomic E-state index is 0.148. The van der Waals surface area contributed by atoms with Crippen molar-refractivity contribution in [2.45, 2.75) is 58.5 Å². The minimum atomic E-state index is -0.148. The summed E-state index contributed by atoms with van der Waals surface area (Å²) in [7, 11) is 0. The Morgan fingerprint density at radius 3 is 3.05 bits per heavy atom. The molecule has 0 aliphatic carbocycles. The third kappa shape index (κ3) is 3.69. The molecule has 0 amide bonds. The highest BCUT2D eigenvalue weighted by molar-refractivity contribution is 5.44. The number of anilines is 1. The second-order valence-electron chi connectivity index (χ2n) is 5.68. The SMILES string of the molecule is CCCNCc1ccnc(N2CCCCCC2C)c1F. The Balaban J connectivity index is 2.16. The molecule has 1 saturated heterocycles. The summed E-state index contributed by atoms with van der Waals surface area (Å²) in [4.78, 5) is 6.45. The maximum absolute atomic E-state index is 14.6. The van der Waals surface area contributed by atoms with Crippen LogP contribution in [0.4, 0.5) is 10.2 Å². The number of rotatable bonds is 5. The molecule has 1 atom stereocenters. The van der Waals surface area contributed by atoms with Crippen LogP contribution < -0.4 is 10.2 Å². The Labute approximate surface area is 121 Å². The van der Waals surface area contributed by atoms with E-state index in [4.69, 9.17) is 0 Å². The molecule has 1 N–H and O–H groups in total. The van der Waals surface area contributed by atoms with Gasteiger partial charge in [-0.2, -0.15) is 0 Å². The van der Waals surface area contributed by atoms with Gasteiger partial charge in [-0.3, -0.25) is 0 Å². The summed E-state index contributed by atoms with van der Waals surface area (Å²) in [6.45, 7) is 6.69.